The van der Waals surface area contributed by atoms with Gasteiger partial charge in [0.2, 0.25) is 0 Å². The molecule has 9 aromatic carbocycles. The standard InChI is InChI=1S/C54H34N2S/c1-3-15-35(16-4-1)39-19-7-10-23-45(39)55-46-24-11-8-20-41(46)43-33-37(29-31-47(43)55)38-30-32-48-44(34-38)53-40(36-17-5-2-6-18-36)22-13-25-49(53)56(48)50-26-14-28-52-54(50)42-21-9-12-27-51(42)57-52/h1-34H. The molecule has 3 aromatic heterocycles. The van der Waals surface area contributed by atoms with Crippen LogP contribution in [0.1, 0.15) is 0 Å². The van der Waals surface area contributed by atoms with Crippen LogP contribution in [-0.4, -0.2) is 9.13 Å². The van der Waals surface area contributed by atoms with Crippen molar-refractivity contribution in [2.45, 2.75) is 0 Å². The molecular formula is C54H34N2S. The van der Waals surface area contributed by atoms with Crippen LogP contribution in [0.25, 0.3) is 109 Å². The zero-order valence-corrected chi connectivity index (χ0v) is 31.7. The van der Waals surface area contributed by atoms with Gasteiger partial charge in [0, 0.05) is 47.3 Å². The first-order chi connectivity index (χ1) is 28.3. The van der Waals surface area contributed by atoms with E-state index in [4.69, 9.17) is 0 Å². The van der Waals surface area contributed by atoms with E-state index in [1.54, 1.807) is 0 Å². The van der Waals surface area contributed by atoms with E-state index in [-0.39, 0.29) is 0 Å². The van der Waals surface area contributed by atoms with Gasteiger partial charge in [0.05, 0.1) is 33.4 Å². The molecule has 0 spiro atoms. The Hall–Kier alpha value is -7.20. The van der Waals surface area contributed by atoms with Crippen molar-refractivity contribution < 1.29 is 0 Å². The topological polar surface area (TPSA) is 9.86 Å². The normalized spacial score (nSPS) is 11.9. The highest BCUT2D eigenvalue weighted by Crippen LogP contribution is 2.45. The number of aromatic nitrogens is 2. The van der Waals surface area contributed by atoms with Crippen molar-refractivity contribution in [1.82, 2.24) is 9.13 Å². The summed E-state index contributed by atoms with van der Waals surface area (Å²) in [6, 6.07) is 75.6. The Morgan fingerprint density at radius 2 is 0.807 bits per heavy atom. The summed E-state index contributed by atoms with van der Waals surface area (Å²) in [5.41, 5.74) is 14.5. The van der Waals surface area contributed by atoms with E-state index in [1.807, 2.05) is 11.3 Å². The predicted octanol–water partition coefficient (Wildman–Crippen LogP) is 15.2. The van der Waals surface area contributed by atoms with Gasteiger partial charge in [-0.1, -0.05) is 146 Å². The molecule has 0 unspecified atom stereocenters. The van der Waals surface area contributed by atoms with Gasteiger partial charge in [-0.25, -0.2) is 0 Å². The number of hydrogen-bond donors (Lipinski definition) is 0. The van der Waals surface area contributed by atoms with Crippen LogP contribution in [0.4, 0.5) is 0 Å². The van der Waals surface area contributed by atoms with E-state index >= 15 is 0 Å². The Morgan fingerprint density at radius 1 is 0.281 bits per heavy atom. The van der Waals surface area contributed by atoms with Crippen LogP contribution < -0.4 is 0 Å². The van der Waals surface area contributed by atoms with E-state index < -0.39 is 0 Å². The Labute approximate surface area is 333 Å². The van der Waals surface area contributed by atoms with Gasteiger partial charge in [-0.15, -0.1) is 11.3 Å². The van der Waals surface area contributed by atoms with E-state index in [9.17, 15) is 0 Å². The number of hydrogen-bond acceptors (Lipinski definition) is 1. The maximum absolute atomic E-state index is 2.50. The molecule has 0 bridgehead atoms. The van der Waals surface area contributed by atoms with Crippen molar-refractivity contribution in [3.63, 3.8) is 0 Å². The average Bonchev–Trinajstić information content (AvgIpc) is 3.94. The number of rotatable bonds is 5. The first-order valence-corrected chi connectivity index (χ1v) is 20.3. The highest BCUT2D eigenvalue weighted by Gasteiger charge is 2.21. The van der Waals surface area contributed by atoms with E-state index in [1.165, 1.54) is 109 Å². The third-order valence-corrected chi connectivity index (χ3v) is 12.9. The predicted molar refractivity (Wildman–Crippen MR) is 244 cm³/mol. The van der Waals surface area contributed by atoms with Crippen LogP contribution >= 0.6 is 11.3 Å². The molecule has 0 radical (unpaired) electrons. The monoisotopic (exact) mass is 742 g/mol. The summed E-state index contributed by atoms with van der Waals surface area (Å²) >= 11 is 1.87. The van der Waals surface area contributed by atoms with Gasteiger partial charge in [0.25, 0.3) is 0 Å². The van der Waals surface area contributed by atoms with Gasteiger partial charge < -0.3 is 9.13 Å². The van der Waals surface area contributed by atoms with E-state index in [2.05, 4.69) is 215 Å². The van der Waals surface area contributed by atoms with Crippen molar-refractivity contribution in [1.29, 1.82) is 0 Å². The van der Waals surface area contributed by atoms with Crippen molar-refractivity contribution in [3.8, 4) is 44.8 Å². The van der Waals surface area contributed by atoms with Gasteiger partial charge in [-0.2, -0.15) is 0 Å². The number of nitrogens with zero attached hydrogens (tertiary/aromatic N) is 2. The van der Waals surface area contributed by atoms with Crippen molar-refractivity contribution >= 4 is 75.1 Å². The second kappa shape index (κ2) is 12.7. The van der Waals surface area contributed by atoms with Gasteiger partial charge in [0.1, 0.15) is 0 Å². The van der Waals surface area contributed by atoms with Gasteiger partial charge in [-0.05, 0) is 88.5 Å². The largest absolute Gasteiger partial charge is 0.309 e. The van der Waals surface area contributed by atoms with Crippen LogP contribution in [0, 0.1) is 0 Å². The molecule has 0 aliphatic carbocycles. The van der Waals surface area contributed by atoms with Gasteiger partial charge in [-0.3, -0.25) is 0 Å². The maximum Gasteiger partial charge on any atom is 0.0555 e. The first kappa shape index (κ1) is 32.1. The van der Waals surface area contributed by atoms with Crippen LogP contribution in [0.15, 0.2) is 206 Å². The molecule has 0 saturated carbocycles. The lowest BCUT2D eigenvalue weighted by atomic mass is 9.97. The Balaban J connectivity index is 1.11. The summed E-state index contributed by atoms with van der Waals surface area (Å²) < 4.78 is 7.56. The molecule has 0 fully saturated rings. The molecule has 12 rings (SSSR count). The lowest BCUT2D eigenvalue weighted by molar-refractivity contribution is 1.18. The Morgan fingerprint density at radius 3 is 1.61 bits per heavy atom. The molecule has 2 nitrogen and oxygen atoms in total. The second-order valence-corrected chi connectivity index (χ2v) is 15.9. The van der Waals surface area contributed by atoms with Gasteiger partial charge in [0.15, 0.2) is 0 Å². The first-order valence-electron chi connectivity index (χ1n) is 19.5. The molecule has 0 atom stereocenters. The average molecular weight is 743 g/mol. The van der Waals surface area contributed by atoms with Crippen molar-refractivity contribution in [3.05, 3.63) is 206 Å². The SMILES string of the molecule is c1ccc(-c2ccccc2-n2c3ccccc3c3cc(-c4ccc5c(c4)c4c(-c6ccccc6)cccc4n5-c4cccc5sc6ccccc6c45)ccc32)cc1. The third kappa shape index (κ3) is 4.89. The quantitative estimate of drug-likeness (QED) is 0.166. The number of para-hydroxylation sites is 2. The Kier molecular flexibility index (Phi) is 7.13. The summed E-state index contributed by atoms with van der Waals surface area (Å²) in [5.74, 6) is 0. The molecule has 0 aliphatic rings. The number of thiophene rings is 1. The maximum atomic E-state index is 2.50. The molecule has 3 heterocycles. The number of benzene rings is 9. The minimum atomic E-state index is 1.18. The molecule has 0 N–H and O–H groups in total. The molecule has 12 aromatic rings. The molecule has 0 aliphatic heterocycles. The third-order valence-electron chi connectivity index (χ3n) is 11.7. The lowest BCUT2D eigenvalue weighted by Crippen LogP contribution is -1.97. The summed E-state index contributed by atoms with van der Waals surface area (Å²) in [6.07, 6.45) is 0. The van der Waals surface area contributed by atoms with Crippen LogP contribution in [0.2, 0.25) is 0 Å². The molecular weight excluding hydrogens is 709 g/mol. The summed E-state index contributed by atoms with van der Waals surface area (Å²) in [5, 5.41) is 7.62. The van der Waals surface area contributed by atoms with Gasteiger partial charge >= 0.3 is 0 Å². The van der Waals surface area contributed by atoms with Crippen LogP contribution in [0.5, 0.6) is 0 Å². The molecule has 0 amide bonds. The second-order valence-electron chi connectivity index (χ2n) is 14.8. The van der Waals surface area contributed by atoms with Crippen LogP contribution in [0.3, 0.4) is 0 Å². The molecule has 0 saturated heterocycles. The summed E-state index contributed by atoms with van der Waals surface area (Å²) in [6.45, 7) is 0. The zero-order valence-electron chi connectivity index (χ0n) is 30.9. The van der Waals surface area contributed by atoms with E-state index in [0.29, 0.717) is 0 Å². The molecule has 57 heavy (non-hydrogen) atoms. The highest BCUT2D eigenvalue weighted by molar-refractivity contribution is 7.25. The summed E-state index contributed by atoms with van der Waals surface area (Å²) in [7, 11) is 0. The Bertz CT molecular complexity index is 3510. The van der Waals surface area contributed by atoms with Crippen LogP contribution in [-0.2, 0) is 0 Å². The number of fused-ring (bicyclic) bond motifs is 9. The zero-order chi connectivity index (χ0) is 37.5. The fourth-order valence-corrected chi connectivity index (χ4v) is 10.4. The fourth-order valence-electron chi connectivity index (χ4n) is 9.25. The van der Waals surface area contributed by atoms with E-state index in [0.717, 1.165) is 0 Å². The lowest BCUT2D eigenvalue weighted by Gasteiger charge is -2.14. The fraction of sp³-hybridized carbons (Fsp3) is 0. The van der Waals surface area contributed by atoms with Crippen molar-refractivity contribution in [2.24, 2.45) is 0 Å². The molecule has 3 heteroatoms. The smallest absolute Gasteiger partial charge is 0.0555 e. The molecule has 266 valence electrons. The minimum absolute atomic E-state index is 1.18. The van der Waals surface area contributed by atoms with Crippen molar-refractivity contribution in [2.75, 3.05) is 0 Å². The minimum Gasteiger partial charge on any atom is -0.309 e. The highest BCUT2D eigenvalue weighted by atomic mass is 32.1. The summed E-state index contributed by atoms with van der Waals surface area (Å²) in [4.78, 5) is 0.